The number of nitrogens with zero attached hydrogens (tertiary/aromatic N) is 4. The predicted molar refractivity (Wildman–Crippen MR) is 105 cm³/mol. The minimum atomic E-state index is -0.0414. The lowest BCUT2D eigenvalue weighted by molar-refractivity contribution is 0.0730. The number of carbonyl (C=O) groups is 1. The van der Waals surface area contributed by atoms with E-state index in [9.17, 15) is 4.79 Å². The van der Waals surface area contributed by atoms with Crippen molar-refractivity contribution in [3.05, 3.63) is 83.6 Å². The predicted octanol–water partition coefficient (Wildman–Crippen LogP) is 3.40. The Morgan fingerprint density at radius 1 is 1.14 bits per heavy atom. The Bertz CT molecular complexity index is 1170. The minimum absolute atomic E-state index is 0.0414. The largest absolute Gasteiger partial charge is 0.486 e. The molecule has 0 bridgehead atoms. The summed E-state index contributed by atoms with van der Waals surface area (Å²) in [6.45, 7) is 1.28. The monoisotopic (exact) mass is 386 g/mol. The van der Waals surface area contributed by atoms with Gasteiger partial charge in [-0.3, -0.25) is 14.8 Å². The lowest BCUT2D eigenvalue weighted by Gasteiger charge is -2.26. The van der Waals surface area contributed by atoms with Gasteiger partial charge in [-0.15, -0.1) is 0 Å². The van der Waals surface area contributed by atoms with E-state index in [-0.39, 0.29) is 12.5 Å². The third-order valence-electron chi connectivity index (χ3n) is 5.07. The molecule has 3 aromatic heterocycles. The molecule has 0 atom stereocenters. The van der Waals surface area contributed by atoms with Crippen molar-refractivity contribution in [2.24, 2.45) is 0 Å². The Hall–Kier alpha value is -3.74. The number of amides is 1. The molecule has 1 aliphatic heterocycles. The number of benzene rings is 1. The molecule has 29 heavy (non-hydrogen) atoms. The number of para-hydroxylation sites is 1. The fourth-order valence-electron chi connectivity index (χ4n) is 3.58. The van der Waals surface area contributed by atoms with Gasteiger partial charge >= 0.3 is 0 Å². The molecule has 5 rings (SSSR count). The summed E-state index contributed by atoms with van der Waals surface area (Å²) >= 11 is 0. The lowest BCUT2D eigenvalue weighted by Crippen LogP contribution is -2.36. The Balaban J connectivity index is 1.38. The number of hydrogen-bond acceptors (Lipinski definition) is 6. The molecule has 0 aliphatic carbocycles. The second-order valence-corrected chi connectivity index (χ2v) is 6.87. The molecule has 144 valence electrons. The average molecular weight is 386 g/mol. The molecule has 4 aromatic rings. The maximum atomic E-state index is 13.2. The van der Waals surface area contributed by atoms with Gasteiger partial charge in [0.15, 0.2) is 0 Å². The summed E-state index contributed by atoms with van der Waals surface area (Å²) in [5, 5.41) is 5.11. The van der Waals surface area contributed by atoms with Gasteiger partial charge in [0.05, 0.1) is 23.8 Å². The van der Waals surface area contributed by atoms with Gasteiger partial charge in [-0.1, -0.05) is 23.4 Å². The summed E-state index contributed by atoms with van der Waals surface area (Å²) in [6, 6.07) is 13.2. The topological polar surface area (TPSA) is 81.4 Å². The molecule has 0 saturated heterocycles. The molecule has 1 aromatic carbocycles. The molecule has 0 N–H and O–H groups in total. The van der Waals surface area contributed by atoms with Crippen LogP contribution in [0.15, 0.2) is 65.6 Å². The Morgan fingerprint density at radius 2 is 2.03 bits per heavy atom. The van der Waals surface area contributed by atoms with Crippen molar-refractivity contribution in [3.8, 4) is 5.75 Å². The van der Waals surface area contributed by atoms with Crippen LogP contribution in [0.5, 0.6) is 5.75 Å². The molecule has 0 unspecified atom stereocenters. The van der Waals surface area contributed by atoms with Crippen molar-refractivity contribution < 1.29 is 14.1 Å². The number of carbonyl (C=O) groups excluding carboxylic acids is 1. The van der Waals surface area contributed by atoms with Gasteiger partial charge in [0.1, 0.15) is 23.8 Å². The summed E-state index contributed by atoms with van der Waals surface area (Å²) < 4.78 is 11.2. The van der Waals surface area contributed by atoms with Gasteiger partial charge in [-0.25, -0.2) is 0 Å². The number of hydrogen-bond donors (Lipinski definition) is 0. The number of fused-ring (bicyclic) bond motifs is 2. The van der Waals surface area contributed by atoms with Crippen molar-refractivity contribution in [2.45, 2.75) is 19.6 Å². The van der Waals surface area contributed by atoms with E-state index < -0.39 is 0 Å². The average Bonchev–Trinajstić information content (AvgIpc) is 3.20. The zero-order chi connectivity index (χ0) is 19.6. The van der Waals surface area contributed by atoms with E-state index in [4.69, 9.17) is 9.26 Å². The lowest BCUT2D eigenvalue weighted by atomic mass is 10.0. The number of rotatable bonds is 4. The highest BCUT2D eigenvalue weighted by molar-refractivity contribution is 6.05. The van der Waals surface area contributed by atoms with Crippen LogP contribution in [0, 0.1) is 0 Å². The van der Waals surface area contributed by atoms with Gasteiger partial charge in [-0.05, 0) is 24.3 Å². The van der Waals surface area contributed by atoms with Crippen LogP contribution >= 0.6 is 0 Å². The zero-order valence-electron chi connectivity index (χ0n) is 15.6. The summed E-state index contributed by atoms with van der Waals surface area (Å²) in [6.07, 6.45) is 5.67. The molecule has 7 heteroatoms. The van der Waals surface area contributed by atoms with Crippen LogP contribution in [0.2, 0.25) is 0 Å². The maximum absolute atomic E-state index is 13.2. The molecule has 7 nitrogen and oxygen atoms in total. The van der Waals surface area contributed by atoms with Gasteiger partial charge in [0, 0.05) is 36.3 Å². The summed E-state index contributed by atoms with van der Waals surface area (Å²) in [4.78, 5) is 23.5. The second-order valence-electron chi connectivity index (χ2n) is 6.87. The SMILES string of the molecule is O=C(c1cccc2cccnc12)N1CCc2onc(COc3cccnc3)c2C1. The van der Waals surface area contributed by atoms with E-state index in [1.54, 1.807) is 18.6 Å². The summed E-state index contributed by atoms with van der Waals surface area (Å²) in [5.41, 5.74) is 2.95. The van der Waals surface area contributed by atoms with Crippen LogP contribution in [0.25, 0.3) is 10.9 Å². The summed E-state index contributed by atoms with van der Waals surface area (Å²) in [5.74, 6) is 1.44. The molecule has 0 radical (unpaired) electrons. The highest BCUT2D eigenvalue weighted by Gasteiger charge is 2.28. The van der Waals surface area contributed by atoms with E-state index in [1.165, 1.54) is 0 Å². The fraction of sp³-hybridized carbons (Fsp3) is 0.182. The van der Waals surface area contributed by atoms with Crippen LogP contribution in [0.4, 0.5) is 0 Å². The molecule has 0 fully saturated rings. The van der Waals surface area contributed by atoms with E-state index in [0.29, 0.717) is 36.5 Å². The van der Waals surface area contributed by atoms with E-state index >= 15 is 0 Å². The van der Waals surface area contributed by atoms with Crippen molar-refractivity contribution in [1.82, 2.24) is 20.0 Å². The normalized spacial score (nSPS) is 13.3. The minimum Gasteiger partial charge on any atom is -0.486 e. The van der Waals surface area contributed by atoms with Crippen LogP contribution in [0.3, 0.4) is 0 Å². The fourth-order valence-corrected chi connectivity index (χ4v) is 3.58. The third kappa shape index (κ3) is 3.31. The van der Waals surface area contributed by atoms with Crippen LogP contribution in [-0.4, -0.2) is 32.5 Å². The quantitative estimate of drug-likeness (QED) is 0.535. The van der Waals surface area contributed by atoms with Crippen LogP contribution in [0.1, 0.15) is 27.4 Å². The summed E-state index contributed by atoms with van der Waals surface area (Å²) in [7, 11) is 0. The highest BCUT2D eigenvalue weighted by Crippen LogP contribution is 2.26. The first-order chi connectivity index (χ1) is 14.3. The molecular formula is C22H18N4O3. The molecule has 1 amide bonds. The second kappa shape index (κ2) is 7.35. The first kappa shape index (κ1) is 17.4. The molecule has 0 spiro atoms. The highest BCUT2D eigenvalue weighted by atomic mass is 16.5. The van der Waals surface area contributed by atoms with Gasteiger partial charge in [0.2, 0.25) is 0 Å². The standard InChI is InChI=1S/C22H18N4O3/c27-22(17-7-1-4-15-5-2-10-24-21(15)17)26-11-8-20-18(13-26)19(25-29-20)14-28-16-6-3-9-23-12-16/h1-7,9-10,12H,8,11,13-14H2. The van der Waals surface area contributed by atoms with E-state index in [2.05, 4.69) is 15.1 Å². The Morgan fingerprint density at radius 3 is 2.93 bits per heavy atom. The van der Waals surface area contributed by atoms with Gasteiger partial charge < -0.3 is 14.2 Å². The van der Waals surface area contributed by atoms with Gasteiger partial charge in [0.25, 0.3) is 5.91 Å². The first-order valence-corrected chi connectivity index (χ1v) is 9.42. The number of ether oxygens (including phenoxy) is 1. The van der Waals surface area contributed by atoms with Crippen LogP contribution < -0.4 is 4.74 Å². The van der Waals surface area contributed by atoms with E-state index in [0.717, 1.165) is 22.2 Å². The smallest absolute Gasteiger partial charge is 0.256 e. The van der Waals surface area contributed by atoms with Crippen molar-refractivity contribution in [2.75, 3.05) is 6.54 Å². The molecule has 1 aliphatic rings. The number of pyridine rings is 2. The first-order valence-electron chi connectivity index (χ1n) is 9.42. The van der Waals surface area contributed by atoms with Gasteiger partial charge in [-0.2, -0.15) is 0 Å². The Labute approximate surface area is 166 Å². The van der Waals surface area contributed by atoms with Crippen molar-refractivity contribution in [3.63, 3.8) is 0 Å². The maximum Gasteiger partial charge on any atom is 0.256 e. The van der Waals surface area contributed by atoms with E-state index in [1.807, 2.05) is 47.4 Å². The molecular weight excluding hydrogens is 368 g/mol. The number of aromatic nitrogens is 3. The molecule has 0 saturated carbocycles. The van der Waals surface area contributed by atoms with Crippen molar-refractivity contribution >= 4 is 16.8 Å². The Kier molecular flexibility index (Phi) is 4.40. The molecule has 4 heterocycles. The zero-order valence-corrected chi connectivity index (χ0v) is 15.6. The van der Waals surface area contributed by atoms with Crippen LogP contribution in [-0.2, 0) is 19.6 Å². The van der Waals surface area contributed by atoms with Crippen molar-refractivity contribution in [1.29, 1.82) is 0 Å². The third-order valence-corrected chi connectivity index (χ3v) is 5.07.